The third-order valence-corrected chi connectivity index (χ3v) is 3.90. The Hall–Kier alpha value is -3.19. The van der Waals surface area contributed by atoms with E-state index >= 15 is 0 Å². The van der Waals surface area contributed by atoms with Crippen molar-refractivity contribution in [2.24, 2.45) is 0 Å². The van der Waals surface area contributed by atoms with E-state index in [1.54, 1.807) is 12.1 Å². The summed E-state index contributed by atoms with van der Waals surface area (Å²) in [4.78, 5) is 0. The Morgan fingerprint density at radius 1 is 0.875 bits per heavy atom. The van der Waals surface area contributed by atoms with E-state index in [1.807, 2.05) is 18.2 Å². The van der Waals surface area contributed by atoms with E-state index in [-0.39, 0.29) is 0 Å². The summed E-state index contributed by atoms with van der Waals surface area (Å²) in [6.07, 6.45) is 0.946. The number of aromatic nitrogens is 2. The van der Waals surface area contributed by atoms with Crippen molar-refractivity contribution in [3.63, 3.8) is 0 Å². The molecule has 0 spiro atoms. The Bertz CT molecular complexity index is 793. The quantitative estimate of drug-likeness (QED) is 0.752. The van der Waals surface area contributed by atoms with Crippen LogP contribution in [0.5, 0.6) is 0 Å². The van der Waals surface area contributed by atoms with E-state index in [0.29, 0.717) is 17.4 Å². The number of nitrogens with one attached hydrogen (secondary N) is 1. The molecule has 3 aromatic rings. The molecule has 0 amide bonds. The van der Waals surface area contributed by atoms with Gasteiger partial charge >= 0.3 is 0 Å². The van der Waals surface area contributed by atoms with Gasteiger partial charge in [-0.05, 0) is 29.7 Å². The molecule has 0 radical (unpaired) electrons. The molecule has 1 heterocycles. The summed E-state index contributed by atoms with van der Waals surface area (Å²) >= 11 is 0. The molecule has 1 aromatic heterocycles. The highest BCUT2D eigenvalue weighted by Gasteiger charge is 2.12. The van der Waals surface area contributed by atoms with Crippen LogP contribution in [0.15, 0.2) is 72.8 Å². The normalized spacial score (nSPS) is 11.5. The minimum atomic E-state index is 0.324. The second-order valence-electron chi connectivity index (χ2n) is 5.59. The summed E-state index contributed by atoms with van der Waals surface area (Å²) in [5.74, 6) is 1.01. The van der Waals surface area contributed by atoms with E-state index in [1.165, 1.54) is 11.1 Å². The summed E-state index contributed by atoms with van der Waals surface area (Å²) in [6.45, 7) is 0.749. The van der Waals surface area contributed by atoms with Crippen LogP contribution in [0.4, 0.5) is 5.82 Å². The van der Waals surface area contributed by atoms with Crippen molar-refractivity contribution in [3.05, 3.63) is 89.6 Å². The van der Waals surface area contributed by atoms with Crippen LogP contribution in [0.2, 0.25) is 0 Å². The van der Waals surface area contributed by atoms with Gasteiger partial charge in [-0.3, -0.25) is 0 Å². The molecule has 0 bridgehead atoms. The monoisotopic (exact) mass is 314 g/mol. The first kappa shape index (κ1) is 15.7. The van der Waals surface area contributed by atoms with E-state index in [4.69, 9.17) is 5.26 Å². The van der Waals surface area contributed by atoms with Crippen molar-refractivity contribution in [1.29, 1.82) is 5.26 Å². The van der Waals surface area contributed by atoms with Crippen LogP contribution in [0.3, 0.4) is 0 Å². The fourth-order valence-electron chi connectivity index (χ4n) is 2.65. The molecular weight excluding hydrogens is 296 g/mol. The minimum absolute atomic E-state index is 0.324. The van der Waals surface area contributed by atoms with Crippen molar-refractivity contribution >= 4 is 5.82 Å². The van der Waals surface area contributed by atoms with Gasteiger partial charge in [-0.1, -0.05) is 60.7 Å². The molecule has 3 rings (SSSR count). The summed E-state index contributed by atoms with van der Waals surface area (Å²) < 4.78 is 0. The summed E-state index contributed by atoms with van der Waals surface area (Å²) in [5, 5.41) is 20.0. The molecule has 0 aliphatic heterocycles. The molecule has 24 heavy (non-hydrogen) atoms. The number of anilines is 1. The van der Waals surface area contributed by atoms with E-state index in [9.17, 15) is 0 Å². The number of hydrogen-bond donors (Lipinski definition) is 1. The molecule has 118 valence electrons. The predicted octanol–water partition coefficient (Wildman–Crippen LogP) is 3.79. The summed E-state index contributed by atoms with van der Waals surface area (Å²) in [7, 11) is 0. The van der Waals surface area contributed by atoms with Gasteiger partial charge in [0.25, 0.3) is 0 Å². The average Bonchev–Trinajstić information content (AvgIpc) is 2.67. The second-order valence-corrected chi connectivity index (χ2v) is 5.59. The van der Waals surface area contributed by atoms with E-state index in [2.05, 4.69) is 64.0 Å². The Morgan fingerprint density at radius 3 is 2.21 bits per heavy atom. The van der Waals surface area contributed by atoms with Crippen LogP contribution in [0.1, 0.15) is 22.7 Å². The molecule has 2 aromatic carbocycles. The molecule has 1 unspecified atom stereocenters. The third kappa shape index (κ3) is 4.17. The lowest BCUT2D eigenvalue weighted by Gasteiger charge is -2.18. The largest absolute Gasteiger partial charge is 0.368 e. The maximum absolute atomic E-state index is 8.79. The molecule has 1 atom stereocenters. The zero-order chi connectivity index (χ0) is 16.6. The number of rotatable bonds is 6. The Morgan fingerprint density at radius 2 is 1.58 bits per heavy atom. The van der Waals surface area contributed by atoms with Crippen molar-refractivity contribution < 1.29 is 0 Å². The van der Waals surface area contributed by atoms with Crippen molar-refractivity contribution in [3.8, 4) is 6.07 Å². The Balaban J connectivity index is 1.73. The fraction of sp³-hybridized carbons (Fsp3) is 0.150. The minimum Gasteiger partial charge on any atom is -0.368 e. The first-order chi connectivity index (χ1) is 11.8. The number of nitriles is 1. The lowest BCUT2D eigenvalue weighted by atomic mass is 9.92. The SMILES string of the molecule is N#Cc1ccc(NCC(Cc2ccccc2)c2ccccc2)nn1. The highest BCUT2D eigenvalue weighted by Crippen LogP contribution is 2.21. The topological polar surface area (TPSA) is 61.6 Å². The first-order valence-corrected chi connectivity index (χ1v) is 7.92. The van der Waals surface area contributed by atoms with E-state index < -0.39 is 0 Å². The van der Waals surface area contributed by atoms with Crippen LogP contribution >= 0.6 is 0 Å². The number of nitrogens with zero attached hydrogens (tertiary/aromatic N) is 3. The van der Waals surface area contributed by atoms with Gasteiger partial charge in [-0.15, -0.1) is 10.2 Å². The first-order valence-electron chi connectivity index (χ1n) is 7.92. The standard InChI is InChI=1S/C20H18N4/c21-14-19-11-12-20(24-23-19)22-15-18(17-9-5-2-6-10-17)13-16-7-3-1-4-8-16/h1-12,18H,13,15H2,(H,22,24). The molecule has 0 saturated carbocycles. The van der Waals surface area contributed by atoms with Crippen LogP contribution in [-0.2, 0) is 6.42 Å². The molecule has 0 aliphatic carbocycles. The molecule has 0 aliphatic rings. The van der Waals surface area contributed by atoms with Gasteiger partial charge in [0, 0.05) is 12.5 Å². The maximum Gasteiger partial charge on any atom is 0.163 e. The van der Waals surface area contributed by atoms with E-state index in [0.717, 1.165) is 13.0 Å². The van der Waals surface area contributed by atoms with Crippen LogP contribution in [-0.4, -0.2) is 16.7 Å². The van der Waals surface area contributed by atoms with Gasteiger partial charge in [0.2, 0.25) is 0 Å². The number of hydrogen-bond acceptors (Lipinski definition) is 4. The lowest BCUT2D eigenvalue weighted by molar-refractivity contribution is 0.713. The van der Waals surface area contributed by atoms with Gasteiger partial charge in [-0.25, -0.2) is 0 Å². The zero-order valence-corrected chi connectivity index (χ0v) is 13.3. The maximum atomic E-state index is 8.79. The average molecular weight is 314 g/mol. The van der Waals surface area contributed by atoms with Crippen molar-refractivity contribution in [2.45, 2.75) is 12.3 Å². The zero-order valence-electron chi connectivity index (χ0n) is 13.3. The van der Waals surface area contributed by atoms with Gasteiger partial charge in [0.05, 0.1) is 0 Å². The Labute approximate surface area is 141 Å². The molecule has 4 nitrogen and oxygen atoms in total. The van der Waals surface area contributed by atoms with Crippen molar-refractivity contribution in [2.75, 3.05) is 11.9 Å². The van der Waals surface area contributed by atoms with Crippen molar-refractivity contribution in [1.82, 2.24) is 10.2 Å². The second kappa shape index (κ2) is 7.89. The molecular formula is C20H18N4. The smallest absolute Gasteiger partial charge is 0.163 e. The van der Waals surface area contributed by atoms with Gasteiger partial charge < -0.3 is 5.32 Å². The predicted molar refractivity (Wildman–Crippen MR) is 94.6 cm³/mol. The molecule has 0 saturated heterocycles. The summed E-state index contributed by atoms with van der Waals surface area (Å²) in [6, 6.07) is 26.4. The van der Waals surface area contributed by atoms with Crippen LogP contribution in [0.25, 0.3) is 0 Å². The Kier molecular flexibility index (Phi) is 5.16. The highest BCUT2D eigenvalue weighted by molar-refractivity contribution is 5.36. The number of benzene rings is 2. The van der Waals surface area contributed by atoms with Gasteiger partial charge in [0.1, 0.15) is 11.9 Å². The lowest BCUT2D eigenvalue weighted by Crippen LogP contribution is -2.16. The van der Waals surface area contributed by atoms with Gasteiger partial charge in [0.15, 0.2) is 5.69 Å². The fourth-order valence-corrected chi connectivity index (χ4v) is 2.65. The summed E-state index contributed by atoms with van der Waals surface area (Å²) in [5.41, 5.74) is 2.92. The molecule has 4 heteroatoms. The van der Waals surface area contributed by atoms with Gasteiger partial charge in [-0.2, -0.15) is 5.26 Å². The molecule has 0 fully saturated rings. The highest BCUT2D eigenvalue weighted by atomic mass is 15.2. The third-order valence-electron chi connectivity index (χ3n) is 3.90. The van der Waals surface area contributed by atoms with Crippen LogP contribution in [0, 0.1) is 11.3 Å². The van der Waals surface area contributed by atoms with Crippen LogP contribution < -0.4 is 5.32 Å². The molecule has 1 N–H and O–H groups in total.